The van der Waals surface area contributed by atoms with E-state index in [4.69, 9.17) is 0 Å². The lowest BCUT2D eigenvalue weighted by molar-refractivity contribution is -0.133. The average Bonchev–Trinajstić information content (AvgIpc) is 2.03. The molecule has 1 rings (SSSR count). The number of rotatable bonds is 2. The molecule has 1 N–H and O–H groups in total. The van der Waals surface area contributed by atoms with Gasteiger partial charge >= 0.3 is 0 Å². The molecule has 0 radical (unpaired) electrons. The van der Waals surface area contributed by atoms with Crippen LogP contribution in [0, 0.1) is 0 Å². The molecule has 0 amide bonds. The topological polar surface area (TPSA) is 46.2 Å². The van der Waals surface area contributed by atoms with Crippen LogP contribution in [0.5, 0.6) is 0 Å². The fraction of sp³-hybridized carbons (Fsp3) is 0.714. The molecule has 0 spiro atoms. The predicted molar refractivity (Wildman–Crippen MR) is 37.0 cm³/mol. The van der Waals surface area contributed by atoms with Crippen molar-refractivity contribution in [1.82, 2.24) is 5.32 Å². The van der Waals surface area contributed by atoms with Crippen molar-refractivity contribution in [2.75, 3.05) is 6.54 Å². The fourth-order valence-electron chi connectivity index (χ4n) is 1.14. The Hall–Kier alpha value is -0.840. The molecule has 0 saturated carbocycles. The van der Waals surface area contributed by atoms with Gasteiger partial charge in [0.05, 0.1) is 12.6 Å². The standard InChI is InChI=1S/C7H9F2NO2/c8-7(9)2-1-5(10-4-7)6(12)3-11/h3,5,10H,1-2,4H2. The molecular weight excluding hydrogens is 168 g/mol. The molecule has 0 aromatic heterocycles. The van der Waals surface area contributed by atoms with Crippen molar-refractivity contribution in [2.24, 2.45) is 0 Å². The van der Waals surface area contributed by atoms with Gasteiger partial charge in [0.25, 0.3) is 5.92 Å². The van der Waals surface area contributed by atoms with Crippen LogP contribution in [-0.2, 0) is 9.59 Å². The number of alkyl halides is 2. The molecule has 68 valence electrons. The van der Waals surface area contributed by atoms with Crippen LogP contribution in [-0.4, -0.2) is 30.6 Å². The smallest absolute Gasteiger partial charge is 0.260 e. The van der Waals surface area contributed by atoms with Gasteiger partial charge in [0.2, 0.25) is 5.78 Å². The number of hydrogen-bond donors (Lipinski definition) is 1. The van der Waals surface area contributed by atoms with E-state index in [1.807, 2.05) is 0 Å². The summed E-state index contributed by atoms with van der Waals surface area (Å²) >= 11 is 0. The fourth-order valence-corrected chi connectivity index (χ4v) is 1.14. The van der Waals surface area contributed by atoms with Gasteiger partial charge < -0.3 is 5.32 Å². The Kier molecular flexibility index (Phi) is 2.52. The van der Waals surface area contributed by atoms with E-state index in [2.05, 4.69) is 5.32 Å². The molecule has 12 heavy (non-hydrogen) atoms. The number of Topliss-reactive ketones (excluding diaryl/α,β-unsaturated/α-hetero) is 1. The average molecular weight is 177 g/mol. The van der Waals surface area contributed by atoms with E-state index in [-0.39, 0.29) is 19.1 Å². The van der Waals surface area contributed by atoms with Crippen molar-refractivity contribution in [3.8, 4) is 0 Å². The molecule has 1 aliphatic rings. The van der Waals surface area contributed by atoms with Crippen molar-refractivity contribution in [3.05, 3.63) is 0 Å². The second-order valence-corrected chi connectivity index (χ2v) is 2.85. The van der Waals surface area contributed by atoms with E-state index in [1.54, 1.807) is 0 Å². The third-order valence-electron chi connectivity index (χ3n) is 1.87. The van der Waals surface area contributed by atoms with E-state index in [1.165, 1.54) is 0 Å². The van der Waals surface area contributed by atoms with Crippen LogP contribution in [0.15, 0.2) is 0 Å². The van der Waals surface area contributed by atoms with Gasteiger partial charge in [-0.3, -0.25) is 9.59 Å². The van der Waals surface area contributed by atoms with Gasteiger partial charge in [-0.25, -0.2) is 8.78 Å². The quantitative estimate of drug-likeness (QED) is 0.482. The molecule has 1 aliphatic heterocycles. The summed E-state index contributed by atoms with van der Waals surface area (Å²) in [5.74, 6) is -3.38. The Balaban J connectivity index is 2.46. The Labute approximate surface area is 68.1 Å². The van der Waals surface area contributed by atoms with E-state index in [0.29, 0.717) is 0 Å². The number of aldehydes is 1. The van der Waals surface area contributed by atoms with Gasteiger partial charge in [0, 0.05) is 6.42 Å². The van der Waals surface area contributed by atoms with Crippen LogP contribution in [0.4, 0.5) is 8.78 Å². The zero-order valence-electron chi connectivity index (χ0n) is 6.35. The maximum absolute atomic E-state index is 12.5. The zero-order valence-corrected chi connectivity index (χ0v) is 6.35. The molecule has 5 heteroatoms. The van der Waals surface area contributed by atoms with Gasteiger partial charge in [-0.2, -0.15) is 0 Å². The third kappa shape index (κ3) is 2.07. The van der Waals surface area contributed by atoms with Crippen LogP contribution in [0.1, 0.15) is 12.8 Å². The highest BCUT2D eigenvalue weighted by Gasteiger charge is 2.36. The second kappa shape index (κ2) is 3.26. The van der Waals surface area contributed by atoms with Crippen molar-refractivity contribution in [3.63, 3.8) is 0 Å². The highest BCUT2D eigenvalue weighted by molar-refractivity contribution is 6.27. The molecule has 0 aromatic rings. The predicted octanol–water partition coefficient (Wildman–Crippen LogP) is 0.142. The van der Waals surface area contributed by atoms with Gasteiger partial charge in [-0.05, 0) is 6.42 Å². The minimum Gasteiger partial charge on any atom is -0.301 e. The number of nitrogens with one attached hydrogen (secondary N) is 1. The SMILES string of the molecule is O=CC(=O)C1CCC(F)(F)CN1. The molecule has 1 fully saturated rings. The molecular formula is C7H9F2NO2. The number of halogens is 2. The number of ketones is 1. The lowest BCUT2D eigenvalue weighted by atomic mass is 9.99. The van der Waals surface area contributed by atoms with Gasteiger partial charge in [-0.15, -0.1) is 0 Å². The van der Waals surface area contributed by atoms with Gasteiger partial charge in [0.1, 0.15) is 0 Å². The number of piperidine rings is 1. The molecule has 1 unspecified atom stereocenters. The maximum atomic E-state index is 12.5. The highest BCUT2D eigenvalue weighted by atomic mass is 19.3. The van der Waals surface area contributed by atoms with E-state index in [0.717, 1.165) is 0 Å². The van der Waals surface area contributed by atoms with Crippen LogP contribution in [0.2, 0.25) is 0 Å². The van der Waals surface area contributed by atoms with Crippen molar-refractivity contribution < 1.29 is 18.4 Å². The largest absolute Gasteiger partial charge is 0.301 e. The van der Waals surface area contributed by atoms with Crippen LogP contribution in [0.3, 0.4) is 0 Å². The molecule has 1 heterocycles. The highest BCUT2D eigenvalue weighted by Crippen LogP contribution is 2.24. The first kappa shape index (κ1) is 9.25. The first-order chi connectivity index (χ1) is 5.55. The second-order valence-electron chi connectivity index (χ2n) is 2.85. The molecule has 1 saturated heterocycles. The lowest BCUT2D eigenvalue weighted by Crippen LogP contribution is -2.49. The summed E-state index contributed by atoms with van der Waals surface area (Å²) in [6.45, 7) is -0.517. The van der Waals surface area contributed by atoms with Crippen LogP contribution < -0.4 is 5.32 Å². The summed E-state index contributed by atoms with van der Waals surface area (Å²) < 4.78 is 25.0. The molecule has 1 atom stereocenters. The van der Waals surface area contributed by atoms with E-state index >= 15 is 0 Å². The first-order valence-electron chi connectivity index (χ1n) is 3.65. The molecule has 0 aromatic carbocycles. The van der Waals surface area contributed by atoms with Crippen molar-refractivity contribution >= 4 is 12.1 Å². The number of hydrogen-bond acceptors (Lipinski definition) is 3. The zero-order chi connectivity index (χ0) is 9.19. The number of carbonyl (C=O) groups excluding carboxylic acids is 2. The Morgan fingerprint density at radius 2 is 2.25 bits per heavy atom. The molecule has 0 aliphatic carbocycles. The molecule has 0 bridgehead atoms. The Morgan fingerprint density at radius 3 is 2.67 bits per heavy atom. The van der Waals surface area contributed by atoms with Crippen LogP contribution in [0.25, 0.3) is 0 Å². The summed E-state index contributed by atoms with van der Waals surface area (Å²) in [7, 11) is 0. The summed E-state index contributed by atoms with van der Waals surface area (Å²) in [6.07, 6.45) is -0.129. The Morgan fingerprint density at radius 1 is 1.58 bits per heavy atom. The summed E-state index contributed by atoms with van der Waals surface area (Å²) in [5.41, 5.74) is 0. The number of carbonyl (C=O) groups is 2. The van der Waals surface area contributed by atoms with Gasteiger partial charge in [0.15, 0.2) is 6.29 Å². The minimum absolute atomic E-state index is 0.0323. The Bertz CT molecular complexity index is 196. The van der Waals surface area contributed by atoms with E-state index in [9.17, 15) is 18.4 Å². The molecule has 3 nitrogen and oxygen atoms in total. The monoisotopic (exact) mass is 177 g/mol. The maximum Gasteiger partial charge on any atom is 0.260 e. The van der Waals surface area contributed by atoms with Crippen molar-refractivity contribution in [2.45, 2.75) is 24.8 Å². The summed E-state index contributed by atoms with van der Waals surface area (Å²) in [5, 5.41) is 2.33. The lowest BCUT2D eigenvalue weighted by Gasteiger charge is -2.27. The summed E-state index contributed by atoms with van der Waals surface area (Å²) in [4.78, 5) is 20.7. The first-order valence-corrected chi connectivity index (χ1v) is 3.65. The summed E-state index contributed by atoms with van der Waals surface area (Å²) in [6, 6.07) is -0.706. The van der Waals surface area contributed by atoms with Crippen molar-refractivity contribution in [1.29, 1.82) is 0 Å². The van der Waals surface area contributed by atoms with E-state index < -0.39 is 24.3 Å². The minimum atomic E-state index is -2.74. The normalized spacial score (nSPS) is 28.0. The van der Waals surface area contributed by atoms with Gasteiger partial charge in [-0.1, -0.05) is 0 Å². The third-order valence-corrected chi connectivity index (χ3v) is 1.87. The van der Waals surface area contributed by atoms with Crippen LogP contribution >= 0.6 is 0 Å².